The van der Waals surface area contributed by atoms with E-state index >= 15 is 0 Å². The van der Waals surface area contributed by atoms with Crippen LogP contribution < -0.4 is 10.3 Å². The maximum absolute atomic E-state index is 13.8. The summed E-state index contributed by atoms with van der Waals surface area (Å²) in [5.74, 6) is -0.642. The highest BCUT2D eigenvalue weighted by Crippen LogP contribution is 2.19. The summed E-state index contributed by atoms with van der Waals surface area (Å²) in [6.45, 7) is -0.00818. The lowest BCUT2D eigenvalue weighted by Crippen LogP contribution is -2.23. The van der Waals surface area contributed by atoms with Gasteiger partial charge in [0.25, 0.3) is 5.56 Å². The highest BCUT2D eigenvalue weighted by atomic mass is 35.5. The van der Waals surface area contributed by atoms with E-state index in [0.29, 0.717) is 0 Å². The number of ether oxygens (including phenoxy) is 1. The average molecular weight is 303 g/mol. The molecule has 0 aliphatic carbocycles. The summed E-state index contributed by atoms with van der Waals surface area (Å²) < 4.78 is 19.8. The second-order valence-corrected chi connectivity index (χ2v) is 4.48. The molecular weight excluding hydrogens is 294 g/mol. The maximum atomic E-state index is 13.8. The van der Waals surface area contributed by atoms with Crippen LogP contribution in [0.1, 0.15) is 5.56 Å². The van der Waals surface area contributed by atoms with Crippen LogP contribution >= 0.6 is 23.2 Å². The van der Waals surface area contributed by atoms with E-state index in [1.807, 2.05) is 0 Å². The number of aromatic nitrogens is 2. The lowest BCUT2D eigenvalue weighted by molar-refractivity contribution is 0.400. The van der Waals surface area contributed by atoms with Gasteiger partial charge in [-0.1, -0.05) is 35.3 Å². The van der Waals surface area contributed by atoms with Crippen molar-refractivity contribution in [1.29, 1.82) is 0 Å². The van der Waals surface area contributed by atoms with Gasteiger partial charge < -0.3 is 4.74 Å². The van der Waals surface area contributed by atoms with E-state index in [-0.39, 0.29) is 28.0 Å². The topological polar surface area (TPSA) is 44.1 Å². The van der Waals surface area contributed by atoms with Crippen molar-refractivity contribution in [2.45, 2.75) is 6.54 Å². The van der Waals surface area contributed by atoms with Crippen LogP contribution in [0, 0.1) is 5.82 Å². The predicted octanol–water partition coefficient (Wildman–Crippen LogP) is 2.75. The number of nitrogens with zero attached hydrogens (tertiary/aromatic N) is 2. The molecule has 0 unspecified atom stereocenters. The van der Waals surface area contributed by atoms with E-state index in [2.05, 4.69) is 4.98 Å². The molecule has 2 aromatic rings. The Morgan fingerprint density at radius 3 is 2.84 bits per heavy atom. The van der Waals surface area contributed by atoms with Gasteiger partial charge in [-0.2, -0.15) is 0 Å². The maximum Gasteiger partial charge on any atom is 0.297 e. The minimum Gasteiger partial charge on any atom is -0.489 e. The third kappa shape index (κ3) is 2.72. The van der Waals surface area contributed by atoms with Gasteiger partial charge in [0.2, 0.25) is 5.75 Å². The minimum atomic E-state index is -0.565. The minimum absolute atomic E-state index is 0.000522. The summed E-state index contributed by atoms with van der Waals surface area (Å²) in [6, 6.07) is 4.57. The van der Waals surface area contributed by atoms with Gasteiger partial charge in [-0.15, -0.1) is 0 Å². The van der Waals surface area contributed by atoms with Crippen molar-refractivity contribution in [3.8, 4) is 5.75 Å². The molecular formula is C12H9Cl2FN2O2. The van der Waals surface area contributed by atoms with Crippen LogP contribution in [0.2, 0.25) is 10.2 Å². The van der Waals surface area contributed by atoms with Gasteiger partial charge in [-0.3, -0.25) is 9.36 Å². The van der Waals surface area contributed by atoms with Gasteiger partial charge in [0.1, 0.15) is 5.82 Å². The van der Waals surface area contributed by atoms with Gasteiger partial charge in [0.15, 0.2) is 5.15 Å². The number of benzene rings is 1. The van der Waals surface area contributed by atoms with Gasteiger partial charge >= 0.3 is 0 Å². The molecule has 4 nitrogen and oxygen atoms in total. The monoisotopic (exact) mass is 302 g/mol. The van der Waals surface area contributed by atoms with E-state index in [4.69, 9.17) is 27.9 Å². The van der Waals surface area contributed by atoms with Crippen LogP contribution in [0.25, 0.3) is 0 Å². The smallest absolute Gasteiger partial charge is 0.297 e. The van der Waals surface area contributed by atoms with Crippen LogP contribution in [0.5, 0.6) is 5.75 Å². The molecule has 0 radical (unpaired) electrons. The molecule has 1 aromatic heterocycles. The highest BCUT2D eigenvalue weighted by molar-refractivity contribution is 6.31. The first-order chi connectivity index (χ1) is 9.04. The quantitative estimate of drug-likeness (QED) is 0.819. The molecule has 0 aliphatic rings. The molecule has 0 saturated heterocycles. The Labute approximate surface area is 118 Å². The summed E-state index contributed by atoms with van der Waals surface area (Å²) >= 11 is 11.4. The van der Waals surface area contributed by atoms with Crippen LogP contribution in [0.4, 0.5) is 4.39 Å². The van der Waals surface area contributed by atoms with E-state index < -0.39 is 11.4 Å². The molecule has 7 heteroatoms. The first kappa shape index (κ1) is 13.8. The second kappa shape index (κ2) is 5.59. The van der Waals surface area contributed by atoms with Crippen molar-refractivity contribution in [2.75, 3.05) is 7.11 Å². The van der Waals surface area contributed by atoms with Crippen LogP contribution in [-0.2, 0) is 6.54 Å². The summed E-state index contributed by atoms with van der Waals surface area (Å²) in [5, 5.41) is -0.0326. The fourth-order valence-electron chi connectivity index (χ4n) is 1.59. The van der Waals surface area contributed by atoms with Crippen molar-refractivity contribution >= 4 is 23.2 Å². The van der Waals surface area contributed by atoms with Crippen LogP contribution in [0.3, 0.4) is 0 Å². The first-order valence-electron chi connectivity index (χ1n) is 5.26. The van der Waals surface area contributed by atoms with E-state index in [1.165, 1.54) is 30.1 Å². The molecule has 19 heavy (non-hydrogen) atoms. The number of hydrogen-bond donors (Lipinski definition) is 0. The van der Waals surface area contributed by atoms with E-state index in [0.717, 1.165) is 0 Å². The fraction of sp³-hybridized carbons (Fsp3) is 0.167. The number of rotatable bonds is 3. The summed E-state index contributed by atoms with van der Waals surface area (Å²) in [5.41, 5.74) is -0.206. The Morgan fingerprint density at radius 2 is 2.16 bits per heavy atom. The third-order valence-corrected chi connectivity index (χ3v) is 3.09. The molecule has 1 aromatic carbocycles. The largest absolute Gasteiger partial charge is 0.489 e. The van der Waals surface area contributed by atoms with Crippen LogP contribution in [-0.4, -0.2) is 16.7 Å². The Kier molecular flexibility index (Phi) is 4.07. The van der Waals surface area contributed by atoms with Gasteiger partial charge in [0.05, 0.1) is 25.0 Å². The zero-order valence-electron chi connectivity index (χ0n) is 9.86. The van der Waals surface area contributed by atoms with Crippen molar-refractivity contribution in [3.63, 3.8) is 0 Å². The standard InChI is InChI=1S/C12H9Cl2FN2O2/c1-19-10-11(14)16-6-17(12(10)18)5-7-3-2-4-8(13)9(7)15/h2-4,6H,5H2,1H3. The predicted molar refractivity (Wildman–Crippen MR) is 70.6 cm³/mol. The molecule has 0 saturated carbocycles. The normalized spacial score (nSPS) is 10.5. The van der Waals surface area contributed by atoms with Crippen molar-refractivity contribution in [3.05, 3.63) is 56.4 Å². The highest BCUT2D eigenvalue weighted by Gasteiger charge is 2.13. The summed E-state index contributed by atoms with van der Waals surface area (Å²) in [7, 11) is 1.31. The summed E-state index contributed by atoms with van der Waals surface area (Å²) in [6.07, 6.45) is 1.23. The molecule has 1 heterocycles. The van der Waals surface area contributed by atoms with Crippen LogP contribution in [0.15, 0.2) is 29.3 Å². The van der Waals surface area contributed by atoms with Crippen molar-refractivity contribution < 1.29 is 9.13 Å². The molecule has 0 atom stereocenters. The Morgan fingerprint density at radius 1 is 1.42 bits per heavy atom. The Bertz CT molecular complexity index is 673. The number of halogens is 3. The molecule has 2 rings (SSSR count). The van der Waals surface area contributed by atoms with Crippen molar-refractivity contribution in [1.82, 2.24) is 9.55 Å². The molecule has 0 amide bonds. The molecule has 100 valence electrons. The number of methoxy groups -OCH3 is 1. The zero-order chi connectivity index (χ0) is 14.0. The fourth-order valence-corrected chi connectivity index (χ4v) is 1.98. The van der Waals surface area contributed by atoms with E-state index in [9.17, 15) is 9.18 Å². The lowest BCUT2D eigenvalue weighted by Gasteiger charge is -2.09. The first-order valence-corrected chi connectivity index (χ1v) is 6.02. The Hall–Kier alpha value is -1.59. The summed E-state index contributed by atoms with van der Waals surface area (Å²) in [4.78, 5) is 15.8. The Balaban J connectivity index is 2.45. The molecule has 0 bridgehead atoms. The molecule has 0 spiro atoms. The van der Waals surface area contributed by atoms with Crippen molar-refractivity contribution in [2.24, 2.45) is 0 Å². The van der Waals surface area contributed by atoms with Gasteiger partial charge in [0, 0.05) is 5.56 Å². The second-order valence-electron chi connectivity index (χ2n) is 3.71. The molecule has 0 N–H and O–H groups in total. The lowest BCUT2D eigenvalue weighted by atomic mass is 10.2. The zero-order valence-corrected chi connectivity index (χ0v) is 11.4. The van der Waals surface area contributed by atoms with E-state index in [1.54, 1.807) is 6.07 Å². The molecule has 0 fully saturated rings. The molecule has 0 aliphatic heterocycles. The number of hydrogen-bond acceptors (Lipinski definition) is 3. The third-order valence-electron chi connectivity index (χ3n) is 2.53. The van der Waals surface area contributed by atoms with Gasteiger partial charge in [-0.25, -0.2) is 9.37 Å². The average Bonchev–Trinajstić information content (AvgIpc) is 2.39. The van der Waals surface area contributed by atoms with Gasteiger partial charge in [-0.05, 0) is 6.07 Å². The SMILES string of the molecule is COc1c(Cl)ncn(Cc2cccc(Cl)c2F)c1=O.